The van der Waals surface area contributed by atoms with E-state index < -0.39 is 0 Å². The molecule has 1 heterocycles. The van der Waals surface area contributed by atoms with Crippen LogP contribution >= 0.6 is 11.8 Å². The van der Waals surface area contributed by atoms with E-state index in [4.69, 9.17) is 0 Å². The number of rotatable bonds is 6. The van der Waals surface area contributed by atoms with Crippen molar-refractivity contribution < 1.29 is 0 Å². The molecule has 0 spiro atoms. The van der Waals surface area contributed by atoms with E-state index in [-0.39, 0.29) is 0 Å². The fraction of sp³-hybridized carbons (Fsp3) is 0.333. The van der Waals surface area contributed by atoms with Crippen LogP contribution in [0.4, 0.5) is 11.6 Å². The van der Waals surface area contributed by atoms with Crippen molar-refractivity contribution in [3.8, 4) is 0 Å². The third-order valence-electron chi connectivity index (χ3n) is 3.05. The molecule has 1 aromatic carbocycles. The molecule has 0 unspecified atom stereocenters. The van der Waals surface area contributed by atoms with E-state index >= 15 is 0 Å². The van der Waals surface area contributed by atoms with Crippen LogP contribution in [0.25, 0.3) is 0 Å². The Morgan fingerprint density at radius 3 is 2.55 bits per heavy atom. The molecule has 1 N–H and O–H groups in total. The van der Waals surface area contributed by atoms with Crippen LogP contribution in [0, 0.1) is 0 Å². The monoisotopic (exact) mass is 288 g/mol. The van der Waals surface area contributed by atoms with Crippen LogP contribution in [-0.2, 0) is 6.54 Å². The summed E-state index contributed by atoms with van der Waals surface area (Å²) in [6.07, 6.45) is 1.99. The quantitative estimate of drug-likeness (QED) is 0.652. The molecule has 4 nitrogen and oxygen atoms in total. The summed E-state index contributed by atoms with van der Waals surface area (Å²) < 4.78 is 0. The molecular formula is C15H20N4S. The van der Waals surface area contributed by atoms with Gasteiger partial charge in [0.05, 0.1) is 0 Å². The summed E-state index contributed by atoms with van der Waals surface area (Å²) in [4.78, 5) is 11.3. The molecule has 0 aliphatic carbocycles. The first-order chi connectivity index (χ1) is 9.76. The van der Waals surface area contributed by atoms with Gasteiger partial charge in [0.2, 0.25) is 0 Å². The second kappa shape index (κ2) is 7.14. The van der Waals surface area contributed by atoms with Crippen molar-refractivity contribution in [2.24, 2.45) is 0 Å². The van der Waals surface area contributed by atoms with Crippen molar-refractivity contribution in [3.63, 3.8) is 0 Å². The van der Waals surface area contributed by atoms with Gasteiger partial charge in [-0.2, -0.15) is 0 Å². The van der Waals surface area contributed by atoms with Crippen molar-refractivity contribution in [1.29, 1.82) is 0 Å². The second-order valence-corrected chi connectivity index (χ2v) is 5.12. The molecule has 0 aliphatic rings. The Bertz CT molecular complexity index is 523. The second-order valence-electron chi connectivity index (χ2n) is 4.35. The van der Waals surface area contributed by atoms with Crippen molar-refractivity contribution in [2.75, 3.05) is 30.1 Å². The summed E-state index contributed by atoms with van der Waals surface area (Å²) in [7, 11) is 1.88. The van der Waals surface area contributed by atoms with Gasteiger partial charge in [0.15, 0.2) is 5.16 Å². The molecule has 0 saturated carbocycles. The molecule has 2 rings (SSSR count). The first-order valence-corrected chi connectivity index (χ1v) is 7.89. The van der Waals surface area contributed by atoms with E-state index in [1.54, 1.807) is 11.8 Å². The van der Waals surface area contributed by atoms with Gasteiger partial charge >= 0.3 is 0 Å². The van der Waals surface area contributed by atoms with Crippen molar-refractivity contribution in [2.45, 2.75) is 18.6 Å². The average molecular weight is 288 g/mol. The Balaban J connectivity index is 2.26. The van der Waals surface area contributed by atoms with E-state index in [1.807, 2.05) is 25.4 Å². The number of thioether (sulfide) groups is 1. The van der Waals surface area contributed by atoms with E-state index in [0.29, 0.717) is 0 Å². The highest BCUT2D eigenvalue weighted by Crippen LogP contribution is 2.21. The summed E-state index contributed by atoms with van der Waals surface area (Å²) in [5, 5.41) is 3.88. The first kappa shape index (κ1) is 14.7. The standard InChI is InChI=1S/C15H20N4S/c1-4-19(11-12-8-6-5-7-9-12)14-10-13(16-2)17-15(18-14)20-3/h5-10H,4,11H2,1-3H3,(H,16,17,18). The maximum atomic E-state index is 4.60. The Labute approximate surface area is 124 Å². The molecule has 106 valence electrons. The predicted molar refractivity (Wildman–Crippen MR) is 86.5 cm³/mol. The average Bonchev–Trinajstić information content (AvgIpc) is 2.53. The minimum Gasteiger partial charge on any atom is -0.373 e. The maximum absolute atomic E-state index is 4.60. The first-order valence-electron chi connectivity index (χ1n) is 6.66. The molecule has 2 aromatic rings. The fourth-order valence-corrected chi connectivity index (χ4v) is 2.33. The van der Waals surface area contributed by atoms with Gasteiger partial charge < -0.3 is 10.2 Å². The SMILES string of the molecule is CCN(Cc1ccccc1)c1cc(NC)nc(SC)n1. The van der Waals surface area contributed by atoms with Crippen LogP contribution in [0.3, 0.4) is 0 Å². The number of nitrogens with zero attached hydrogens (tertiary/aromatic N) is 3. The minimum atomic E-state index is 0.790. The van der Waals surface area contributed by atoms with E-state index in [2.05, 4.69) is 51.4 Å². The van der Waals surface area contributed by atoms with Gasteiger partial charge in [-0.05, 0) is 18.7 Å². The lowest BCUT2D eigenvalue weighted by molar-refractivity contribution is 0.793. The number of hydrogen-bond acceptors (Lipinski definition) is 5. The van der Waals surface area contributed by atoms with Crippen LogP contribution in [0.15, 0.2) is 41.6 Å². The highest BCUT2D eigenvalue weighted by Gasteiger charge is 2.10. The molecule has 0 atom stereocenters. The Kier molecular flexibility index (Phi) is 5.24. The zero-order valence-corrected chi connectivity index (χ0v) is 12.9. The Morgan fingerprint density at radius 1 is 1.20 bits per heavy atom. The molecule has 0 radical (unpaired) electrons. The van der Waals surface area contributed by atoms with Crippen molar-refractivity contribution >= 4 is 23.4 Å². The highest BCUT2D eigenvalue weighted by molar-refractivity contribution is 7.98. The summed E-state index contributed by atoms with van der Waals surface area (Å²) >= 11 is 1.56. The predicted octanol–water partition coefficient (Wildman–Crippen LogP) is 3.27. The molecule has 0 bridgehead atoms. The molecular weight excluding hydrogens is 268 g/mol. The lowest BCUT2D eigenvalue weighted by Crippen LogP contribution is -2.23. The van der Waals surface area contributed by atoms with E-state index in [0.717, 1.165) is 29.9 Å². The lowest BCUT2D eigenvalue weighted by atomic mass is 10.2. The highest BCUT2D eigenvalue weighted by atomic mass is 32.2. The smallest absolute Gasteiger partial charge is 0.191 e. The number of aromatic nitrogens is 2. The largest absolute Gasteiger partial charge is 0.373 e. The van der Waals surface area contributed by atoms with Crippen LogP contribution in [0.2, 0.25) is 0 Å². The van der Waals surface area contributed by atoms with Crippen molar-refractivity contribution in [3.05, 3.63) is 42.0 Å². The fourth-order valence-electron chi connectivity index (χ4n) is 1.95. The summed E-state index contributed by atoms with van der Waals surface area (Å²) in [6, 6.07) is 12.4. The number of anilines is 2. The molecule has 0 saturated heterocycles. The zero-order chi connectivity index (χ0) is 14.4. The number of hydrogen-bond donors (Lipinski definition) is 1. The van der Waals surface area contributed by atoms with Gasteiger partial charge in [0.25, 0.3) is 0 Å². The van der Waals surface area contributed by atoms with E-state index in [9.17, 15) is 0 Å². The molecule has 0 amide bonds. The van der Waals surface area contributed by atoms with Gasteiger partial charge in [-0.1, -0.05) is 42.1 Å². The molecule has 5 heteroatoms. The maximum Gasteiger partial charge on any atom is 0.191 e. The van der Waals surface area contributed by atoms with Gasteiger partial charge in [-0.3, -0.25) is 0 Å². The third-order valence-corrected chi connectivity index (χ3v) is 3.60. The van der Waals surface area contributed by atoms with Gasteiger partial charge in [0, 0.05) is 26.2 Å². The normalized spacial score (nSPS) is 10.3. The van der Waals surface area contributed by atoms with Crippen molar-refractivity contribution in [1.82, 2.24) is 9.97 Å². The van der Waals surface area contributed by atoms with Crippen LogP contribution < -0.4 is 10.2 Å². The minimum absolute atomic E-state index is 0.790. The van der Waals surface area contributed by atoms with Crippen LogP contribution in [-0.4, -0.2) is 29.8 Å². The van der Waals surface area contributed by atoms with Crippen LogP contribution in [0.5, 0.6) is 0 Å². The summed E-state index contributed by atoms with van der Waals surface area (Å²) in [6.45, 7) is 3.90. The summed E-state index contributed by atoms with van der Waals surface area (Å²) in [5.41, 5.74) is 1.28. The van der Waals surface area contributed by atoms with Gasteiger partial charge in [0.1, 0.15) is 11.6 Å². The topological polar surface area (TPSA) is 41.0 Å². The Morgan fingerprint density at radius 2 is 1.95 bits per heavy atom. The van der Waals surface area contributed by atoms with Gasteiger partial charge in [-0.25, -0.2) is 9.97 Å². The lowest BCUT2D eigenvalue weighted by Gasteiger charge is -2.22. The third kappa shape index (κ3) is 3.63. The summed E-state index contributed by atoms with van der Waals surface area (Å²) in [5.74, 6) is 1.81. The zero-order valence-electron chi connectivity index (χ0n) is 12.1. The molecule has 0 aliphatic heterocycles. The molecule has 20 heavy (non-hydrogen) atoms. The molecule has 1 aromatic heterocycles. The number of benzene rings is 1. The number of nitrogens with one attached hydrogen (secondary N) is 1. The van der Waals surface area contributed by atoms with Crippen LogP contribution in [0.1, 0.15) is 12.5 Å². The molecule has 0 fully saturated rings. The van der Waals surface area contributed by atoms with Gasteiger partial charge in [-0.15, -0.1) is 0 Å². The Hall–Kier alpha value is -1.75. The van der Waals surface area contributed by atoms with E-state index in [1.165, 1.54) is 5.56 Å².